The van der Waals surface area contributed by atoms with Crippen LogP contribution >= 0.6 is 0 Å². The summed E-state index contributed by atoms with van der Waals surface area (Å²) in [5.41, 5.74) is 2.23. The molecule has 0 aromatic heterocycles. The van der Waals surface area contributed by atoms with Gasteiger partial charge >= 0.3 is 6.09 Å². The van der Waals surface area contributed by atoms with E-state index in [4.69, 9.17) is 14.2 Å². The number of benzene rings is 3. The van der Waals surface area contributed by atoms with Gasteiger partial charge in [0.1, 0.15) is 23.9 Å². The molecule has 0 radical (unpaired) electrons. The topological polar surface area (TPSA) is 68.2 Å². The summed E-state index contributed by atoms with van der Waals surface area (Å²) in [6, 6.07) is 24.6. The Morgan fingerprint density at radius 1 is 0.938 bits per heavy atom. The third-order valence-electron chi connectivity index (χ3n) is 5.71. The Morgan fingerprint density at radius 3 is 2.38 bits per heavy atom. The lowest BCUT2D eigenvalue weighted by Gasteiger charge is -2.46. The molecule has 1 heterocycles. The van der Waals surface area contributed by atoms with Gasteiger partial charge in [-0.25, -0.2) is 4.79 Å². The highest BCUT2D eigenvalue weighted by Crippen LogP contribution is 2.30. The van der Waals surface area contributed by atoms with Crippen LogP contribution < -0.4 is 14.2 Å². The fourth-order valence-corrected chi connectivity index (χ4v) is 3.89. The molecule has 1 aliphatic heterocycles. The second-order valence-corrected chi connectivity index (χ2v) is 7.83. The summed E-state index contributed by atoms with van der Waals surface area (Å²) in [5, 5.41) is 9.86. The predicted octanol–water partition coefficient (Wildman–Crippen LogP) is 4.31. The first-order valence-electron chi connectivity index (χ1n) is 10.7. The molecule has 1 aliphatic rings. The first kappa shape index (κ1) is 21.7. The fraction of sp³-hybridized carbons (Fsp3) is 0.269. The van der Waals surface area contributed by atoms with Gasteiger partial charge in [0.05, 0.1) is 19.8 Å². The molecule has 4 rings (SSSR count). The average molecular weight is 434 g/mol. The van der Waals surface area contributed by atoms with Crippen LogP contribution in [0.5, 0.6) is 17.2 Å². The molecule has 0 unspecified atom stereocenters. The molecule has 0 spiro atoms. The molecule has 3 aromatic rings. The van der Waals surface area contributed by atoms with Crippen molar-refractivity contribution in [3.8, 4) is 17.2 Å². The van der Waals surface area contributed by atoms with E-state index in [2.05, 4.69) is 0 Å². The van der Waals surface area contributed by atoms with Crippen LogP contribution in [0.3, 0.4) is 0 Å². The molecule has 32 heavy (non-hydrogen) atoms. The minimum atomic E-state index is -0.453. The maximum atomic E-state index is 12.5. The Kier molecular flexibility index (Phi) is 6.92. The average Bonchev–Trinajstić information content (AvgIpc) is 2.82. The number of methoxy groups -OCH3 is 1. The van der Waals surface area contributed by atoms with E-state index in [-0.39, 0.29) is 18.6 Å². The Morgan fingerprint density at radius 2 is 1.66 bits per heavy atom. The normalized spacial score (nSPS) is 17.4. The number of carbonyl (C=O) groups is 1. The lowest BCUT2D eigenvalue weighted by Crippen LogP contribution is -2.61. The highest BCUT2D eigenvalue weighted by molar-refractivity contribution is 5.72. The largest absolute Gasteiger partial charge is 0.497 e. The van der Waals surface area contributed by atoms with E-state index >= 15 is 0 Å². The van der Waals surface area contributed by atoms with Crippen LogP contribution in [0.4, 0.5) is 4.79 Å². The second kappa shape index (κ2) is 10.2. The Bertz CT molecular complexity index is 1020. The van der Waals surface area contributed by atoms with Crippen molar-refractivity contribution >= 4 is 6.09 Å². The number of ether oxygens (including phenoxy) is 3. The van der Waals surface area contributed by atoms with Crippen molar-refractivity contribution in [2.24, 2.45) is 5.92 Å². The Hall–Kier alpha value is -3.51. The van der Waals surface area contributed by atoms with E-state index < -0.39 is 6.09 Å². The van der Waals surface area contributed by atoms with Gasteiger partial charge < -0.3 is 24.2 Å². The van der Waals surface area contributed by atoms with Crippen LogP contribution in [-0.4, -0.2) is 42.4 Å². The number of carbonyl (C=O) groups excluding carboxylic acids is 1. The lowest BCUT2D eigenvalue weighted by molar-refractivity contribution is -0.00374. The minimum absolute atomic E-state index is 0.105. The number of likely N-dealkylation sites (tertiary alicyclic amines) is 1. The minimum Gasteiger partial charge on any atom is -0.497 e. The van der Waals surface area contributed by atoms with E-state index in [1.165, 1.54) is 0 Å². The van der Waals surface area contributed by atoms with Crippen LogP contribution in [0.15, 0.2) is 78.9 Å². The maximum Gasteiger partial charge on any atom is 0.415 e. The van der Waals surface area contributed by atoms with Gasteiger partial charge in [0.2, 0.25) is 0 Å². The highest BCUT2D eigenvalue weighted by atomic mass is 16.6. The molecule has 1 saturated heterocycles. The van der Waals surface area contributed by atoms with E-state index in [0.717, 1.165) is 23.3 Å². The third kappa shape index (κ3) is 5.21. The molecular weight excluding hydrogens is 406 g/mol. The molecule has 1 amide bonds. The third-order valence-corrected chi connectivity index (χ3v) is 5.71. The van der Waals surface area contributed by atoms with Gasteiger partial charge in [0.25, 0.3) is 0 Å². The van der Waals surface area contributed by atoms with E-state index in [9.17, 15) is 9.90 Å². The number of rotatable bonds is 8. The molecule has 0 saturated carbocycles. The maximum absolute atomic E-state index is 12.5. The highest BCUT2D eigenvalue weighted by Gasteiger charge is 2.42. The molecule has 3 aromatic carbocycles. The van der Waals surface area contributed by atoms with Crippen molar-refractivity contribution in [2.75, 3.05) is 20.3 Å². The van der Waals surface area contributed by atoms with Crippen LogP contribution in [0.1, 0.15) is 11.1 Å². The quantitative estimate of drug-likeness (QED) is 0.573. The molecule has 1 N–H and O–H groups in total. The summed E-state index contributed by atoms with van der Waals surface area (Å²) in [6.45, 7) is 0.944. The number of amides is 1. The Balaban J connectivity index is 1.31. The van der Waals surface area contributed by atoms with Crippen LogP contribution in [0.2, 0.25) is 0 Å². The van der Waals surface area contributed by atoms with Crippen molar-refractivity contribution in [2.45, 2.75) is 19.1 Å². The van der Waals surface area contributed by atoms with Gasteiger partial charge in [0.15, 0.2) is 0 Å². The van der Waals surface area contributed by atoms with Crippen molar-refractivity contribution in [1.29, 1.82) is 0 Å². The zero-order chi connectivity index (χ0) is 22.3. The van der Waals surface area contributed by atoms with Crippen molar-refractivity contribution in [1.82, 2.24) is 4.90 Å². The van der Waals surface area contributed by atoms with Gasteiger partial charge in [-0.3, -0.25) is 0 Å². The first-order valence-corrected chi connectivity index (χ1v) is 10.7. The number of nitrogens with zero attached hydrogens (tertiary/aromatic N) is 1. The molecule has 0 bridgehead atoms. The SMILES string of the molecule is COc1ccc(OC(=O)N2C[C@@H](Cc3cccc(OCc4ccccc4)c3)[C@H]2CO)cc1. The number of hydrogen-bond donors (Lipinski definition) is 1. The van der Waals surface area contributed by atoms with Crippen molar-refractivity contribution in [3.63, 3.8) is 0 Å². The number of aliphatic hydroxyl groups excluding tert-OH is 1. The second-order valence-electron chi connectivity index (χ2n) is 7.83. The molecule has 6 nitrogen and oxygen atoms in total. The predicted molar refractivity (Wildman–Crippen MR) is 121 cm³/mol. The van der Waals surface area contributed by atoms with Crippen LogP contribution in [-0.2, 0) is 13.0 Å². The van der Waals surface area contributed by atoms with Crippen molar-refractivity contribution in [3.05, 3.63) is 90.0 Å². The lowest BCUT2D eigenvalue weighted by atomic mass is 9.84. The van der Waals surface area contributed by atoms with E-state index in [1.54, 1.807) is 36.3 Å². The molecule has 6 heteroatoms. The van der Waals surface area contributed by atoms with Gasteiger partial charge in [-0.05, 0) is 53.9 Å². The summed E-state index contributed by atoms with van der Waals surface area (Å²) in [4.78, 5) is 14.1. The Labute approximate surface area is 188 Å². The van der Waals surface area contributed by atoms with E-state index in [0.29, 0.717) is 24.7 Å². The van der Waals surface area contributed by atoms with Gasteiger partial charge in [-0.2, -0.15) is 0 Å². The number of aliphatic hydroxyl groups is 1. The van der Waals surface area contributed by atoms with Gasteiger partial charge in [0, 0.05) is 12.5 Å². The first-order chi connectivity index (χ1) is 15.7. The number of hydrogen-bond acceptors (Lipinski definition) is 5. The molecular formula is C26H27NO5. The molecule has 2 atom stereocenters. The smallest absolute Gasteiger partial charge is 0.415 e. The van der Waals surface area contributed by atoms with Gasteiger partial charge in [-0.15, -0.1) is 0 Å². The zero-order valence-corrected chi connectivity index (χ0v) is 18.0. The summed E-state index contributed by atoms with van der Waals surface area (Å²) < 4.78 is 16.5. The monoisotopic (exact) mass is 433 g/mol. The van der Waals surface area contributed by atoms with Crippen molar-refractivity contribution < 1.29 is 24.1 Å². The summed E-state index contributed by atoms with van der Waals surface area (Å²) >= 11 is 0. The summed E-state index contributed by atoms with van der Waals surface area (Å²) in [7, 11) is 1.58. The van der Waals surface area contributed by atoms with Crippen LogP contribution in [0, 0.1) is 5.92 Å². The standard InChI is InChI=1S/C26H27NO5/c1-30-22-10-12-23(13-11-22)32-26(29)27-16-21(25(27)17-28)14-20-8-5-9-24(15-20)31-18-19-6-3-2-4-7-19/h2-13,15,21,25,28H,14,16-18H2,1H3/t21-,25-/m1/s1. The molecule has 166 valence electrons. The van der Waals surface area contributed by atoms with Gasteiger partial charge in [-0.1, -0.05) is 42.5 Å². The summed E-state index contributed by atoms with van der Waals surface area (Å²) in [5.74, 6) is 2.10. The summed E-state index contributed by atoms with van der Waals surface area (Å²) in [6.07, 6.45) is 0.297. The molecule has 0 aliphatic carbocycles. The van der Waals surface area contributed by atoms with E-state index in [1.807, 2.05) is 54.6 Å². The van der Waals surface area contributed by atoms with Crippen LogP contribution in [0.25, 0.3) is 0 Å². The molecule has 1 fully saturated rings. The fourth-order valence-electron chi connectivity index (χ4n) is 3.89. The zero-order valence-electron chi connectivity index (χ0n) is 18.0.